The number of benzene rings is 1. The molecular weight excluding hydrogens is 394 g/mol. The Labute approximate surface area is 171 Å². The topological polar surface area (TPSA) is 71.5 Å². The highest BCUT2D eigenvalue weighted by Crippen LogP contribution is 2.25. The number of rotatable bonds is 5. The van der Waals surface area contributed by atoms with Gasteiger partial charge in [0.05, 0.1) is 25.0 Å². The van der Waals surface area contributed by atoms with E-state index in [2.05, 4.69) is 19.9 Å². The van der Waals surface area contributed by atoms with Crippen LogP contribution in [0.5, 0.6) is 5.75 Å². The number of piperazine rings is 1. The van der Waals surface area contributed by atoms with Crippen LogP contribution in [0.3, 0.4) is 0 Å². The zero-order valence-electron chi connectivity index (χ0n) is 15.8. The van der Waals surface area contributed by atoms with Gasteiger partial charge in [-0.25, -0.2) is 4.98 Å². The molecule has 7 nitrogen and oxygen atoms in total. The van der Waals surface area contributed by atoms with Crippen LogP contribution in [-0.4, -0.2) is 63.6 Å². The Balaban J connectivity index is 1.33. The second kappa shape index (κ2) is 8.34. The fourth-order valence-electron chi connectivity index (χ4n) is 3.15. The van der Waals surface area contributed by atoms with Crippen molar-refractivity contribution in [3.8, 4) is 17.0 Å². The van der Waals surface area contributed by atoms with Crippen molar-refractivity contribution in [2.75, 3.05) is 33.3 Å². The van der Waals surface area contributed by atoms with Crippen molar-refractivity contribution in [1.82, 2.24) is 24.4 Å². The molecule has 1 aliphatic heterocycles. The van der Waals surface area contributed by atoms with E-state index in [1.54, 1.807) is 18.4 Å². The van der Waals surface area contributed by atoms with E-state index in [0.29, 0.717) is 23.7 Å². The fraction of sp³-hybridized carbons (Fsp3) is 0.368. The lowest BCUT2D eigenvalue weighted by atomic mass is 10.2. The first-order valence-corrected chi connectivity index (χ1v) is 10.7. The van der Waals surface area contributed by atoms with Crippen LogP contribution < -0.4 is 4.74 Å². The molecule has 2 aromatic heterocycles. The number of hydrogen-bond donors (Lipinski definition) is 0. The summed E-state index contributed by atoms with van der Waals surface area (Å²) in [4.78, 5) is 22.2. The minimum absolute atomic E-state index is 0.0446. The fourth-order valence-corrected chi connectivity index (χ4v) is 4.62. The molecular formula is C19H21N5O2S2. The van der Waals surface area contributed by atoms with Crippen LogP contribution in [0, 0.1) is 6.92 Å². The van der Waals surface area contributed by atoms with Crippen molar-refractivity contribution in [3.63, 3.8) is 0 Å². The van der Waals surface area contributed by atoms with E-state index in [1.165, 1.54) is 11.5 Å². The third-order valence-corrected chi connectivity index (χ3v) is 6.45. The Bertz CT molecular complexity index is 945. The van der Waals surface area contributed by atoms with Gasteiger partial charge >= 0.3 is 0 Å². The molecule has 0 N–H and O–H groups in total. The average molecular weight is 416 g/mol. The molecule has 0 radical (unpaired) electrons. The number of aromatic nitrogens is 3. The Morgan fingerprint density at radius 3 is 2.57 bits per heavy atom. The van der Waals surface area contributed by atoms with Crippen LogP contribution in [-0.2, 0) is 6.54 Å². The molecule has 1 aliphatic rings. The summed E-state index contributed by atoms with van der Waals surface area (Å²) in [7, 11) is 1.67. The van der Waals surface area contributed by atoms with Crippen LogP contribution in [0.1, 0.15) is 20.4 Å². The minimum Gasteiger partial charge on any atom is -0.497 e. The average Bonchev–Trinajstić information content (AvgIpc) is 3.37. The number of amides is 1. The Morgan fingerprint density at radius 2 is 1.93 bits per heavy atom. The van der Waals surface area contributed by atoms with Gasteiger partial charge in [-0.1, -0.05) is 4.49 Å². The highest BCUT2D eigenvalue weighted by Gasteiger charge is 2.25. The van der Waals surface area contributed by atoms with E-state index in [-0.39, 0.29) is 5.91 Å². The van der Waals surface area contributed by atoms with Crippen molar-refractivity contribution < 1.29 is 9.53 Å². The second-order valence-corrected chi connectivity index (χ2v) is 8.31. The van der Waals surface area contributed by atoms with Crippen LogP contribution in [0.4, 0.5) is 0 Å². The van der Waals surface area contributed by atoms with Gasteiger partial charge in [-0.3, -0.25) is 9.69 Å². The number of aryl methyl sites for hydroxylation is 1. The zero-order chi connectivity index (χ0) is 19.5. The maximum Gasteiger partial charge on any atom is 0.267 e. The standard InChI is InChI=1S/C19H21N5O2S2/c1-13-18(28-22-21-13)19(25)24-9-7-23(8-10-24)11-17-20-16(12-27-17)14-3-5-15(26-2)6-4-14/h3-6,12H,7-11H2,1-2H3. The summed E-state index contributed by atoms with van der Waals surface area (Å²) in [5.41, 5.74) is 2.79. The lowest BCUT2D eigenvalue weighted by Crippen LogP contribution is -2.48. The van der Waals surface area contributed by atoms with E-state index in [4.69, 9.17) is 9.72 Å². The van der Waals surface area contributed by atoms with Gasteiger partial charge in [0.25, 0.3) is 5.91 Å². The predicted octanol–water partition coefficient (Wildman–Crippen LogP) is 2.94. The normalized spacial score (nSPS) is 15.0. The monoisotopic (exact) mass is 415 g/mol. The van der Waals surface area contributed by atoms with Gasteiger partial charge in [0.15, 0.2) is 0 Å². The van der Waals surface area contributed by atoms with Crippen molar-refractivity contribution >= 4 is 28.8 Å². The Morgan fingerprint density at radius 1 is 1.18 bits per heavy atom. The number of thiazole rings is 1. The van der Waals surface area contributed by atoms with Gasteiger partial charge in [0, 0.05) is 37.1 Å². The minimum atomic E-state index is 0.0446. The zero-order valence-corrected chi connectivity index (χ0v) is 17.4. The van der Waals surface area contributed by atoms with Gasteiger partial charge in [0.2, 0.25) is 0 Å². The molecule has 1 fully saturated rings. The molecule has 146 valence electrons. The van der Waals surface area contributed by atoms with Crippen LogP contribution in [0.25, 0.3) is 11.3 Å². The summed E-state index contributed by atoms with van der Waals surface area (Å²) in [6.07, 6.45) is 0. The van der Waals surface area contributed by atoms with Gasteiger partial charge in [-0.05, 0) is 42.7 Å². The van der Waals surface area contributed by atoms with Gasteiger partial charge in [-0.15, -0.1) is 16.4 Å². The van der Waals surface area contributed by atoms with Crippen molar-refractivity contribution in [2.45, 2.75) is 13.5 Å². The van der Waals surface area contributed by atoms with Crippen LogP contribution >= 0.6 is 22.9 Å². The number of hydrogen-bond acceptors (Lipinski definition) is 8. The molecule has 0 bridgehead atoms. The number of methoxy groups -OCH3 is 1. The maximum atomic E-state index is 12.6. The number of ether oxygens (including phenoxy) is 1. The number of carbonyl (C=O) groups is 1. The smallest absolute Gasteiger partial charge is 0.267 e. The highest BCUT2D eigenvalue weighted by atomic mass is 32.1. The quantitative estimate of drug-likeness (QED) is 0.638. The molecule has 0 aliphatic carbocycles. The first kappa shape index (κ1) is 19.0. The molecule has 0 spiro atoms. The molecule has 0 atom stereocenters. The van der Waals surface area contributed by atoms with Crippen molar-refractivity contribution in [1.29, 1.82) is 0 Å². The van der Waals surface area contributed by atoms with E-state index in [0.717, 1.165) is 41.6 Å². The highest BCUT2D eigenvalue weighted by molar-refractivity contribution is 7.10. The summed E-state index contributed by atoms with van der Waals surface area (Å²) >= 11 is 2.85. The van der Waals surface area contributed by atoms with Gasteiger partial charge in [0.1, 0.15) is 15.6 Å². The molecule has 4 rings (SSSR count). The third kappa shape index (κ3) is 4.06. The molecule has 0 saturated carbocycles. The summed E-state index contributed by atoms with van der Waals surface area (Å²) in [6.45, 7) is 5.75. The predicted molar refractivity (Wildman–Crippen MR) is 110 cm³/mol. The Kier molecular flexibility index (Phi) is 5.65. The first-order chi connectivity index (χ1) is 13.6. The van der Waals surface area contributed by atoms with Gasteiger partial charge < -0.3 is 9.64 Å². The third-order valence-electron chi connectivity index (χ3n) is 4.80. The molecule has 0 unspecified atom stereocenters. The molecule has 3 heterocycles. The Hall–Kier alpha value is -2.36. The van der Waals surface area contributed by atoms with Crippen LogP contribution in [0.15, 0.2) is 29.6 Å². The molecule has 1 saturated heterocycles. The molecule has 1 amide bonds. The summed E-state index contributed by atoms with van der Waals surface area (Å²) in [6, 6.07) is 7.95. The molecule has 28 heavy (non-hydrogen) atoms. The first-order valence-electron chi connectivity index (χ1n) is 9.03. The maximum absolute atomic E-state index is 12.6. The number of nitrogens with zero attached hydrogens (tertiary/aromatic N) is 5. The summed E-state index contributed by atoms with van der Waals surface area (Å²) in [5, 5.41) is 7.12. The molecule has 3 aromatic rings. The lowest BCUT2D eigenvalue weighted by Gasteiger charge is -2.34. The second-order valence-electron chi connectivity index (χ2n) is 6.61. The van der Waals surface area contributed by atoms with Gasteiger partial charge in [-0.2, -0.15) is 0 Å². The molecule has 9 heteroatoms. The molecule has 1 aromatic carbocycles. The van der Waals surface area contributed by atoms with E-state index in [1.807, 2.05) is 36.1 Å². The summed E-state index contributed by atoms with van der Waals surface area (Å²) in [5.74, 6) is 0.888. The van der Waals surface area contributed by atoms with Crippen LogP contribution in [0.2, 0.25) is 0 Å². The van der Waals surface area contributed by atoms with E-state index in [9.17, 15) is 4.79 Å². The van der Waals surface area contributed by atoms with Crippen molar-refractivity contribution in [2.24, 2.45) is 0 Å². The largest absolute Gasteiger partial charge is 0.497 e. The number of carbonyl (C=O) groups excluding carboxylic acids is 1. The van der Waals surface area contributed by atoms with Crippen molar-refractivity contribution in [3.05, 3.63) is 45.2 Å². The van der Waals surface area contributed by atoms with E-state index >= 15 is 0 Å². The van der Waals surface area contributed by atoms with E-state index < -0.39 is 0 Å². The SMILES string of the molecule is COc1ccc(-c2csc(CN3CCN(C(=O)c4snnc4C)CC3)n2)cc1. The summed E-state index contributed by atoms with van der Waals surface area (Å²) < 4.78 is 9.07. The lowest BCUT2D eigenvalue weighted by molar-refractivity contribution is 0.0632.